The summed E-state index contributed by atoms with van der Waals surface area (Å²) in [5.74, 6) is 0.915. The number of methoxy groups -OCH3 is 1. The van der Waals surface area contributed by atoms with E-state index in [0.717, 1.165) is 11.1 Å². The van der Waals surface area contributed by atoms with Gasteiger partial charge in [0.05, 0.1) is 18.4 Å². The van der Waals surface area contributed by atoms with Crippen LogP contribution in [0.25, 0.3) is 0 Å². The van der Waals surface area contributed by atoms with E-state index in [2.05, 4.69) is 5.16 Å². The van der Waals surface area contributed by atoms with Crippen LogP contribution in [0.1, 0.15) is 34.8 Å². The largest absolute Gasteiger partial charge is 0.497 e. The lowest BCUT2D eigenvalue weighted by atomic mass is 10.0. The molecule has 1 aliphatic heterocycles. The van der Waals surface area contributed by atoms with E-state index in [1.165, 1.54) is 0 Å². The molecule has 0 bridgehead atoms. The zero-order valence-electron chi connectivity index (χ0n) is 13.9. The van der Waals surface area contributed by atoms with Crippen molar-refractivity contribution >= 4 is 11.7 Å². The summed E-state index contributed by atoms with van der Waals surface area (Å²) in [5.41, 5.74) is 2.97. The van der Waals surface area contributed by atoms with Gasteiger partial charge in [0.2, 0.25) is 0 Å². The van der Waals surface area contributed by atoms with Crippen LogP contribution in [0, 0.1) is 6.92 Å². The molecule has 5 heteroatoms. The lowest BCUT2D eigenvalue weighted by molar-refractivity contribution is 0.0513. The average molecular weight is 325 g/mol. The third-order valence-corrected chi connectivity index (χ3v) is 3.80. The third-order valence-electron chi connectivity index (χ3n) is 3.80. The molecule has 124 valence electrons. The van der Waals surface area contributed by atoms with Crippen LogP contribution in [0.5, 0.6) is 11.5 Å². The Bertz CT molecular complexity index is 798. The van der Waals surface area contributed by atoms with E-state index >= 15 is 0 Å². The maximum atomic E-state index is 12.2. The Morgan fingerprint density at radius 3 is 2.83 bits per heavy atom. The molecule has 1 atom stereocenters. The summed E-state index contributed by atoms with van der Waals surface area (Å²) < 4.78 is 11.0. The highest BCUT2D eigenvalue weighted by Gasteiger charge is 2.23. The topological polar surface area (TPSA) is 57.1 Å². The monoisotopic (exact) mass is 325 g/mol. The molecule has 0 aromatic heterocycles. The molecule has 0 N–H and O–H groups in total. The van der Waals surface area contributed by atoms with E-state index in [1.54, 1.807) is 19.2 Å². The van der Waals surface area contributed by atoms with Crippen LogP contribution >= 0.6 is 0 Å². The summed E-state index contributed by atoms with van der Waals surface area (Å²) >= 11 is 0. The Balaban J connectivity index is 1.84. The normalized spacial score (nSPS) is 17.8. The molecule has 0 radical (unpaired) electrons. The molecule has 0 amide bonds. The van der Waals surface area contributed by atoms with Gasteiger partial charge in [0.1, 0.15) is 17.6 Å². The number of hydrogen-bond donors (Lipinski definition) is 0. The molecule has 0 aliphatic carbocycles. The molecule has 0 fully saturated rings. The highest BCUT2D eigenvalue weighted by Crippen LogP contribution is 2.31. The van der Waals surface area contributed by atoms with Gasteiger partial charge in [0, 0.05) is 18.1 Å². The molecule has 0 spiro atoms. The fraction of sp³-hybridized carbons (Fsp3) is 0.263. The predicted molar refractivity (Wildman–Crippen MR) is 90.8 cm³/mol. The van der Waals surface area contributed by atoms with Crippen molar-refractivity contribution in [3.63, 3.8) is 0 Å². The van der Waals surface area contributed by atoms with Crippen LogP contribution in [0.3, 0.4) is 0 Å². The standard InChI is InChI=1S/C19H19NO4/c1-12-5-4-6-14(9-12)19(21)24-20-17-10-13(2)23-18-11-15(22-3)7-8-16(17)18/h4-9,11,13H,10H2,1-3H3/b20-17+/t13-/m0/s1. The zero-order chi connectivity index (χ0) is 17.1. The number of nitrogens with zero attached hydrogens (tertiary/aromatic N) is 1. The van der Waals surface area contributed by atoms with Crippen LogP contribution in [0.2, 0.25) is 0 Å². The first kappa shape index (κ1) is 16.1. The van der Waals surface area contributed by atoms with Crippen molar-refractivity contribution in [2.45, 2.75) is 26.4 Å². The molecule has 2 aromatic carbocycles. The van der Waals surface area contributed by atoms with E-state index in [9.17, 15) is 4.79 Å². The molecule has 24 heavy (non-hydrogen) atoms. The first-order valence-corrected chi connectivity index (χ1v) is 7.77. The van der Waals surface area contributed by atoms with Gasteiger partial charge in [-0.3, -0.25) is 0 Å². The van der Waals surface area contributed by atoms with E-state index in [4.69, 9.17) is 14.3 Å². The minimum Gasteiger partial charge on any atom is -0.497 e. The van der Waals surface area contributed by atoms with Crippen LogP contribution in [0.4, 0.5) is 0 Å². The van der Waals surface area contributed by atoms with Gasteiger partial charge in [-0.1, -0.05) is 22.9 Å². The quantitative estimate of drug-likeness (QED) is 0.637. The number of aryl methyl sites for hydroxylation is 1. The summed E-state index contributed by atoms with van der Waals surface area (Å²) in [4.78, 5) is 17.3. The fourth-order valence-corrected chi connectivity index (χ4v) is 2.61. The van der Waals surface area contributed by atoms with E-state index < -0.39 is 5.97 Å². The summed E-state index contributed by atoms with van der Waals surface area (Å²) in [6, 6.07) is 12.7. The number of ether oxygens (including phenoxy) is 2. The molecule has 1 heterocycles. The van der Waals surface area contributed by atoms with Crippen molar-refractivity contribution in [3.8, 4) is 11.5 Å². The SMILES string of the molecule is COc1ccc2c(c1)O[C@@H](C)C/C2=N\OC(=O)c1cccc(C)c1. The molecule has 3 rings (SSSR count). The number of benzene rings is 2. The minimum atomic E-state index is -0.472. The molecule has 0 saturated heterocycles. The molecule has 0 unspecified atom stereocenters. The van der Waals surface area contributed by atoms with Crippen molar-refractivity contribution < 1.29 is 19.1 Å². The number of fused-ring (bicyclic) bond motifs is 1. The number of hydrogen-bond acceptors (Lipinski definition) is 5. The van der Waals surface area contributed by atoms with Gasteiger partial charge in [0.25, 0.3) is 0 Å². The van der Waals surface area contributed by atoms with Gasteiger partial charge in [-0.2, -0.15) is 0 Å². The minimum absolute atomic E-state index is 0.0546. The summed E-state index contributed by atoms with van der Waals surface area (Å²) in [6.07, 6.45) is 0.515. The van der Waals surface area contributed by atoms with Crippen LogP contribution < -0.4 is 9.47 Å². The molecular weight excluding hydrogens is 306 g/mol. The van der Waals surface area contributed by atoms with Crippen molar-refractivity contribution in [1.82, 2.24) is 0 Å². The second-order valence-electron chi connectivity index (χ2n) is 5.78. The summed E-state index contributed by atoms with van der Waals surface area (Å²) in [5, 5.41) is 4.08. The Hall–Kier alpha value is -2.82. The van der Waals surface area contributed by atoms with Crippen molar-refractivity contribution in [2.75, 3.05) is 7.11 Å². The maximum Gasteiger partial charge on any atom is 0.365 e. The molecule has 2 aromatic rings. The first-order chi connectivity index (χ1) is 11.6. The number of rotatable bonds is 3. The molecule has 5 nitrogen and oxygen atoms in total. The first-order valence-electron chi connectivity index (χ1n) is 7.77. The van der Waals surface area contributed by atoms with Gasteiger partial charge in [0.15, 0.2) is 0 Å². The molecule has 1 aliphatic rings. The smallest absolute Gasteiger partial charge is 0.365 e. The fourth-order valence-electron chi connectivity index (χ4n) is 2.61. The Morgan fingerprint density at radius 2 is 2.08 bits per heavy atom. The van der Waals surface area contributed by atoms with Gasteiger partial charge in [-0.15, -0.1) is 0 Å². The van der Waals surface area contributed by atoms with Gasteiger partial charge < -0.3 is 14.3 Å². The van der Waals surface area contributed by atoms with Crippen molar-refractivity contribution in [1.29, 1.82) is 0 Å². The predicted octanol–water partition coefficient (Wildman–Crippen LogP) is 3.74. The summed E-state index contributed by atoms with van der Waals surface area (Å²) in [7, 11) is 1.60. The third kappa shape index (κ3) is 3.40. The highest BCUT2D eigenvalue weighted by atomic mass is 16.7. The number of carbonyl (C=O) groups is 1. The summed E-state index contributed by atoms with van der Waals surface area (Å²) in [6.45, 7) is 3.87. The van der Waals surface area contributed by atoms with Crippen LogP contribution in [-0.4, -0.2) is 24.9 Å². The van der Waals surface area contributed by atoms with Crippen molar-refractivity contribution in [3.05, 3.63) is 59.2 Å². The van der Waals surface area contributed by atoms with E-state index in [0.29, 0.717) is 29.2 Å². The molecular formula is C19H19NO4. The average Bonchev–Trinajstić information content (AvgIpc) is 2.58. The second kappa shape index (κ2) is 6.74. The van der Waals surface area contributed by atoms with Crippen LogP contribution in [-0.2, 0) is 4.84 Å². The number of carbonyl (C=O) groups excluding carboxylic acids is 1. The Kier molecular flexibility index (Phi) is 4.51. The maximum absolute atomic E-state index is 12.2. The van der Waals surface area contributed by atoms with Crippen LogP contribution in [0.15, 0.2) is 47.6 Å². The Labute approximate surface area is 140 Å². The van der Waals surface area contributed by atoms with E-state index in [1.807, 2.05) is 44.2 Å². The second-order valence-corrected chi connectivity index (χ2v) is 5.78. The molecule has 0 saturated carbocycles. The number of oxime groups is 1. The lowest BCUT2D eigenvalue weighted by Gasteiger charge is -2.24. The van der Waals surface area contributed by atoms with Gasteiger partial charge >= 0.3 is 5.97 Å². The Morgan fingerprint density at radius 1 is 1.25 bits per heavy atom. The van der Waals surface area contributed by atoms with Gasteiger partial charge in [-0.05, 0) is 38.1 Å². The lowest BCUT2D eigenvalue weighted by Crippen LogP contribution is -2.25. The van der Waals surface area contributed by atoms with E-state index in [-0.39, 0.29) is 6.10 Å². The van der Waals surface area contributed by atoms with Crippen molar-refractivity contribution in [2.24, 2.45) is 5.16 Å². The zero-order valence-corrected chi connectivity index (χ0v) is 13.9. The highest BCUT2D eigenvalue weighted by molar-refractivity contribution is 6.04. The van der Waals surface area contributed by atoms with Gasteiger partial charge in [-0.25, -0.2) is 4.79 Å².